The summed E-state index contributed by atoms with van der Waals surface area (Å²) in [6, 6.07) is 20.1. The number of nitrogens with one attached hydrogen (secondary N) is 1. The molecule has 0 fully saturated rings. The molecule has 0 aliphatic carbocycles. The molecule has 0 saturated heterocycles. The van der Waals surface area contributed by atoms with Crippen LogP contribution in [0.1, 0.15) is 51.5 Å². The van der Waals surface area contributed by atoms with Crippen LogP contribution in [-0.4, -0.2) is 19.1 Å². The normalized spacial score (nSPS) is 11.7. The van der Waals surface area contributed by atoms with Crippen molar-refractivity contribution in [2.75, 3.05) is 7.11 Å². The summed E-state index contributed by atoms with van der Waals surface area (Å²) >= 11 is 0. The third-order valence-corrected chi connectivity index (χ3v) is 5.78. The van der Waals surface area contributed by atoms with E-state index in [0.717, 1.165) is 35.3 Å². The van der Waals surface area contributed by atoms with Crippen LogP contribution >= 0.6 is 0 Å². The largest absolute Gasteiger partial charge is 0.496 e. The van der Waals surface area contributed by atoms with Gasteiger partial charge in [0.25, 0.3) is 5.91 Å². The minimum Gasteiger partial charge on any atom is -0.496 e. The summed E-state index contributed by atoms with van der Waals surface area (Å²) in [5.41, 5.74) is 6.20. The molecule has 0 unspecified atom stereocenters. The van der Waals surface area contributed by atoms with Crippen LogP contribution in [0.2, 0.25) is 0 Å². The Hall–Kier alpha value is -3.27. The Morgan fingerprint density at radius 2 is 1.72 bits per heavy atom. The van der Waals surface area contributed by atoms with Gasteiger partial charge in [0.2, 0.25) is 0 Å². The Morgan fingerprint density at radius 3 is 2.44 bits per heavy atom. The highest BCUT2D eigenvalue weighted by molar-refractivity contribution is 5.94. The predicted octanol–water partition coefficient (Wildman–Crippen LogP) is 5.95. The first-order valence-electron chi connectivity index (χ1n) is 11.1. The van der Waals surface area contributed by atoms with E-state index in [4.69, 9.17) is 9.47 Å². The van der Waals surface area contributed by atoms with E-state index in [-0.39, 0.29) is 11.9 Å². The maximum atomic E-state index is 12.8. The van der Waals surface area contributed by atoms with Crippen molar-refractivity contribution < 1.29 is 14.3 Å². The van der Waals surface area contributed by atoms with Crippen LogP contribution < -0.4 is 14.8 Å². The quantitative estimate of drug-likeness (QED) is 0.455. The summed E-state index contributed by atoms with van der Waals surface area (Å²) in [7, 11) is 1.63. The van der Waals surface area contributed by atoms with Gasteiger partial charge in [-0.2, -0.15) is 0 Å². The summed E-state index contributed by atoms with van der Waals surface area (Å²) in [5.74, 6) is 1.48. The van der Waals surface area contributed by atoms with E-state index in [1.165, 1.54) is 11.1 Å². The lowest BCUT2D eigenvalue weighted by Gasteiger charge is -2.17. The fraction of sp³-hybridized carbons (Fsp3) is 0.321. The summed E-state index contributed by atoms with van der Waals surface area (Å²) in [4.78, 5) is 12.8. The van der Waals surface area contributed by atoms with Crippen molar-refractivity contribution in [3.63, 3.8) is 0 Å². The zero-order valence-electron chi connectivity index (χ0n) is 19.7. The summed E-state index contributed by atoms with van der Waals surface area (Å²) in [5, 5.41) is 3.11. The zero-order chi connectivity index (χ0) is 23.1. The molecule has 3 aromatic carbocycles. The van der Waals surface area contributed by atoms with Crippen LogP contribution in [0, 0.1) is 20.8 Å². The number of rotatable bonds is 9. The van der Waals surface area contributed by atoms with Crippen molar-refractivity contribution in [2.24, 2.45) is 0 Å². The van der Waals surface area contributed by atoms with Crippen molar-refractivity contribution in [3.8, 4) is 11.5 Å². The first-order valence-corrected chi connectivity index (χ1v) is 11.1. The molecule has 1 N–H and O–H groups in total. The average Bonchev–Trinajstić information content (AvgIpc) is 2.79. The van der Waals surface area contributed by atoms with E-state index in [2.05, 4.69) is 44.3 Å². The van der Waals surface area contributed by atoms with Crippen LogP contribution in [0.15, 0.2) is 60.7 Å². The van der Waals surface area contributed by atoms with Crippen molar-refractivity contribution in [3.05, 3.63) is 94.0 Å². The van der Waals surface area contributed by atoms with E-state index in [1.807, 2.05) is 43.3 Å². The highest BCUT2D eigenvalue weighted by atomic mass is 16.5. The monoisotopic (exact) mass is 431 g/mol. The van der Waals surface area contributed by atoms with Gasteiger partial charge in [0.05, 0.1) is 7.11 Å². The van der Waals surface area contributed by atoms with Crippen molar-refractivity contribution >= 4 is 5.91 Å². The molecule has 168 valence electrons. The highest BCUT2D eigenvalue weighted by Crippen LogP contribution is 2.27. The molecule has 0 aliphatic rings. The SMILES string of the molecule is COc1ccc(C(=O)N[C@@H](C)CCc2ccccc2)cc1COc1cc(C)cc(C)c1C. The number of hydrogen-bond acceptors (Lipinski definition) is 3. The topological polar surface area (TPSA) is 47.6 Å². The molecule has 4 heteroatoms. The molecule has 0 saturated carbocycles. The van der Waals surface area contributed by atoms with Crippen molar-refractivity contribution in [1.29, 1.82) is 0 Å². The van der Waals surface area contributed by atoms with Gasteiger partial charge >= 0.3 is 0 Å². The van der Waals surface area contributed by atoms with Crippen LogP contribution in [0.4, 0.5) is 0 Å². The Kier molecular flexibility index (Phi) is 7.93. The molecule has 0 heterocycles. The maximum Gasteiger partial charge on any atom is 0.251 e. The van der Waals surface area contributed by atoms with Crippen LogP contribution in [-0.2, 0) is 13.0 Å². The van der Waals surface area contributed by atoms with Gasteiger partial charge < -0.3 is 14.8 Å². The number of methoxy groups -OCH3 is 1. The van der Waals surface area contributed by atoms with E-state index in [1.54, 1.807) is 13.2 Å². The molecular formula is C28H33NO3. The number of amides is 1. The molecule has 0 aliphatic heterocycles. The summed E-state index contributed by atoms with van der Waals surface area (Å²) in [6.07, 6.45) is 1.81. The van der Waals surface area contributed by atoms with Gasteiger partial charge in [-0.1, -0.05) is 36.4 Å². The molecule has 3 aromatic rings. The van der Waals surface area contributed by atoms with E-state index < -0.39 is 0 Å². The lowest BCUT2D eigenvalue weighted by Crippen LogP contribution is -2.33. The molecule has 3 rings (SSSR count). The second kappa shape index (κ2) is 10.9. The third kappa shape index (κ3) is 6.13. The van der Waals surface area contributed by atoms with E-state index in [0.29, 0.717) is 17.9 Å². The van der Waals surface area contributed by atoms with Gasteiger partial charge in [0.15, 0.2) is 0 Å². The number of ether oxygens (including phenoxy) is 2. The predicted molar refractivity (Wildman–Crippen MR) is 130 cm³/mol. The number of carbonyl (C=O) groups excluding carboxylic acids is 1. The average molecular weight is 432 g/mol. The molecular weight excluding hydrogens is 398 g/mol. The molecule has 1 amide bonds. The van der Waals surface area contributed by atoms with Crippen LogP contribution in [0.5, 0.6) is 11.5 Å². The fourth-order valence-electron chi connectivity index (χ4n) is 3.75. The van der Waals surface area contributed by atoms with Crippen molar-refractivity contribution in [1.82, 2.24) is 5.32 Å². The van der Waals surface area contributed by atoms with Gasteiger partial charge in [-0.25, -0.2) is 0 Å². The lowest BCUT2D eigenvalue weighted by molar-refractivity contribution is 0.0938. The summed E-state index contributed by atoms with van der Waals surface area (Å²) < 4.78 is 11.6. The standard InChI is InChI=1S/C28H33NO3/c1-19-15-20(2)22(4)27(16-19)32-18-25-17-24(13-14-26(25)31-5)28(30)29-21(3)11-12-23-9-7-6-8-10-23/h6-10,13-17,21H,11-12,18H2,1-5H3,(H,29,30)/t21-/m0/s1. The third-order valence-electron chi connectivity index (χ3n) is 5.78. The van der Waals surface area contributed by atoms with E-state index >= 15 is 0 Å². The molecule has 0 bridgehead atoms. The van der Waals surface area contributed by atoms with Crippen LogP contribution in [0.25, 0.3) is 0 Å². The Morgan fingerprint density at radius 1 is 0.969 bits per heavy atom. The number of carbonyl (C=O) groups is 1. The fourth-order valence-corrected chi connectivity index (χ4v) is 3.75. The van der Waals surface area contributed by atoms with E-state index in [9.17, 15) is 4.79 Å². The summed E-state index contributed by atoms with van der Waals surface area (Å²) in [6.45, 7) is 8.57. The second-order valence-electron chi connectivity index (χ2n) is 8.42. The van der Waals surface area contributed by atoms with Gasteiger partial charge in [-0.05, 0) is 87.1 Å². The van der Waals surface area contributed by atoms with Crippen LogP contribution in [0.3, 0.4) is 0 Å². The number of hydrogen-bond donors (Lipinski definition) is 1. The first-order chi connectivity index (χ1) is 15.4. The van der Waals surface area contributed by atoms with Gasteiger partial charge in [0.1, 0.15) is 18.1 Å². The highest BCUT2D eigenvalue weighted by Gasteiger charge is 2.14. The smallest absolute Gasteiger partial charge is 0.251 e. The Balaban J connectivity index is 1.66. The molecule has 4 nitrogen and oxygen atoms in total. The second-order valence-corrected chi connectivity index (χ2v) is 8.42. The molecule has 1 atom stereocenters. The minimum atomic E-state index is -0.0861. The Bertz CT molecular complexity index is 1060. The molecule has 0 radical (unpaired) electrons. The Labute approximate surface area is 191 Å². The first kappa shape index (κ1) is 23.4. The van der Waals surface area contributed by atoms with Crippen molar-refractivity contribution in [2.45, 2.75) is 53.2 Å². The number of aryl methyl sites for hydroxylation is 3. The minimum absolute atomic E-state index is 0.0717. The molecule has 0 aromatic heterocycles. The number of benzene rings is 3. The molecule has 0 spiro atoms. The lowest BCUT2D eigenvalue weighted by atomic mass is 10.0. The van der Waals surface area contributed by atoms with Gasteiger partial charge in [-0.3, -0.25) is 4.79 Å². The zero-order valence-corrected chi connectivity index (χ0v) is 19.7. The maximum absolute atomic E-state index is 12.8. The van der Waals surface area contributed by atoms with Gasteiger partial charge in [-0.15, -0.1) is 0 Å². The van der Waals surface area contributed by atoms with Gasteiger partial charge in [0, 0.05) is 17.2 Å². The molecule has 32 heavy (non-hydrogen) atoms.